The maximum atomic E-state index is 5.64. The molecule has 3 aromatic rings. The van der Waals surface area contributed by atoms with E-state index in [4.69, 9.17) is 9.15 Å². The van der Waals surface area contributed by atoms with Gasteiger partial charge in [0.2, 0.25) is 5.16 Å². The molecular weight excluding hydrogens is 334 g/mol. The van der Waals surface area contributed by atoms with Gasteiger partial charge in [0, 0.05) is 23.3 Å². The lowest BCUT2D eigenvalue weighted by Crippen LogP contribution is -2.16. The highest BCUT2D eigenvalue weighted by molar-refractivity contribution is 7.98. The summed E-state index contributed by atoms with van der Waals surface area (Å²) in [7, 11) is 0. The molecule has 1 saturated heterocycles. The molecule has 1 aliphatic heterocycles. The molecule has 0 spiro atoms. The van der Waals surface area contributed by atoms with E-state index in [9.17, 15) is 0 Å². The topological polar surface area (TPSA) is 78.9 Å². The van der Waals surface area contributed by atoms with Crippen molar-refractivity contribution < 1.29 is 9.15 Å². The number of thiazole rings is 1. The highest BCUT2D eigenvalue weighted by atomic mass is 32.2. The first-order valence-electron chi connectivity index (χ1n) is 7.36. The van der Waals surface area contributed by atoms with Gasteiger partial charge in [-0.3, -0.25) is 0 Å². The third-order valence-electron chi connectivity index (χ3n) is 3.57. The molecular formula is C14H15N5O2S2. The van der Waals surface area contributed by atoms with E-state index in [1.165, 1.54) is 0 Å². The largest absolute Gasteiger partial charge is 0.472 e. The Kier molecular flexibility index (Phi) is 4.40. The number of nitrogens with zero attached hydrogens (tertiary/aromatic N) is 5. The second kappa shape index (κ2) is 6.81. The van der Waals surface area contributed by atoms with Gasteiger partial charge in [0.15, 0.2) is 0 Å². The van der Waals surface area contributed by atoms with Crippen LogP contribution in [0, 0.1) is 0 Å². The van der Waals surface area contributed by atoms with Gasteiger partial charge in [-0.1, -0.05) is 11.8 Å². The number of hydrogen-bond donors (Lipinski definition) is 0. The lowest BCUT2D eigenvalue weighted by atomic mass is 10.2. The van der Waals surface area contributed by atoms with Crippen molar-refractivity contribution in [3.8, 4) is 10.6 Å². The normalized spacial score (nSPS) is 17.8. The van der Waals surface area contributed by atoms with Crippen LogP contribution < -0.4 is 0 Å². The van der Waals surface area contributed by atoms with E-state index in [1.807, 2.05) is 10.7 Å². The lowest BCUT2D eigenvalue weighted by Gasteiger charge is -2.09. The molecule has 0 N–H and O–H groups in total. The summed E-state index contributed by atoms with van der Waals surface area (Å²) in [5.74, 6) is 0.736. The van der Waals surface area contributed by atoms with E-state index in [-0.39, 0.29) is 6.10 Å². The van der Waals surface area contributed by atoms with Crippen molar-refractivity contribution >= 4 is 23.1 Å². The predicted octanol–water partition coefficient (Wildman–Crippen LogP) is 2.86. The highest BCUT2D eigenvalue weighted by Crippen LogP contribution is 2.27. The van der Waals surface area contributed by atoms with Gasteiger partial charge in [-0.2, -0.15) is 0 Å². The molecule has 1 fully saturated rings. The zero-order chi connectivity index (χ0) is 15.5. The number of ether oxygens (including phenoxy) is 1. The van der Waals surface area contributed by atoms with Crippen LogP contribution in [0.2, 0.25) is 0 Å². The van der Waals surface area contributed by atoms with Crippen molar-refractivity contribution in [2.45, 2.75) is 36.4 Å². The summed E-state index contributed by atoms with van der Waals surface area (Å²) in [6.07, 6.45) is 5.78. The van der Waals surface area contributed by atoms with E-state index in [0.29, 0.717) is 6.54 Å². The Hall–Kier alpha value is -1.71. The predicted molar refractivity (Wildman–Crippen MR) is 86.2 cm³/mol. The van der Waals surface area contributed by atoms with E-state index in [2.05, 4.69) is 25.9 Å². The lowest BCUT2D eigenvalue weighted by molar-refractivity contribution is 0.0912. The average Bonchev–Trinajstić information content (AvgIpc) is 3.34. The molecule has 3 aromatic heterocycles. The Balaban J connectivity index is 1.38. The van der Waals surface area contributed by atoms with Crippen LogP contribution in [0.5, 0.6) is 0 Å². The van der Waals surface area contributed by atoms with Crippen LogP contribution >= 0.6 is 23.1 Å². The molecule has 0 amide bonds. The minimum atomic E-state index is 0.227. The second-order valence-corrected chi connectivity index (χ2v) is 7.02. The molecule has 0 saturated carbocycles. The zero-order valence-electron chi connectivity index (χ0n) is 12.3. The Labute approximate surface area is 141 Å². The molecule has 4 rings (SSSR count). The molecule has 1 atom stereocenters. The molecule has 0 bridgehead atoms. The van der Waals surface area contributed by atoms with Crippen LogP contribution in [-0.2, 0) is 17.0 Å². The molecule has 4 heterocycles. The van der Waals surface area contributed by atoms with Gasteiger partial charge in [-0.25, -0.2) is 9.67 Å². The van der Waals surface area contributed by atoms with Gasteiger partial charge < -0.3 is 9.15 Å². The fraction of sp³-hybridized carbons (Fsp3) is 0.429. The van der Waals surface area contributed by atoms with Gasteiger partial charge in [0.1, 0.15) is 11.3 Å². The molecule has 9 heteroatoms. The van der Waals surface area contributed by atoms with Crippen molar-refractivity contribution in [3.63, 3.8) is 0 Å². The Morgan fingerprint density at radius 2 is 2.43 bits per heavy atom. The summed E-state index contributed by atoms with van der Waals surface area (Å²) in [5, 5.41) is 15.8. The van der Waals surface area contributed by atoms with E-state index < -0.39 is 0 Å². The minimum absolute atomic E-state index is 0.227. The van der Waals surface area contributed by atoms with E-state index >= 15 is 0 Å². The minimum Gasteiger partial charge on any atom is -0.472 e. The van der Waals surface area contributed by atoms with Crippen LogP contribution in [0.4, 0.5) is 0 Å². The van der Waals surface area contributed by atoms with Crippen LogP contribution in [0.15, 0.2) is 33.5 Å². The quantitative estimate of drug-likeness (QED) is 0.633. The maximum absolute atomic E-state index is 5.64. The van der Waals surface area contributed by atoms with Crippen LogP contribution in [0.25, 0.3) is 10.6 Å². The van der Waals surface area contributed by atoms with Gasteiger partial charge in [-0.05, 0) is 29.3 Å². The summed E-state index contributed by atoms with van der Waals surface area (Å²) in [6, 6.07) is 1.91. The van der Waals surface area contributed by atoms with Gasteiger partial charge in [0.05, 0.1) is 24.6 Å². The van der Waals surface area contributed by atoms with Crippen molar-refractivity contribution in [2.24, 2.45) is 0 Å². The van der Waals surface area contributed by atoms with Gasteiger partial charge in [0.25, 0.3) is 0 Å². The first-order valence-corrected chi connectivity index (χ1v) is 9.22. The van der Waals surface area contributed by atoms with Crippen LogP contribution in [0.3, 0.4) is 0 Å². The number of tetrazole rings is 1. The Morgan fingerprint density at radius 1 is 1.43 bits per heavy atom. The van der Waals surface area contributed by atoms with Crippen molar-refractivity contribution in [1.82, 2.24) is 25.2 Å². The SMILES string of the molecule is c1cc(-c2nc(CSc3nnnn3C[C@@H]3CCCO3)cs2)co1. The number of hydrogen-bond acceptors (Lipinski definition) is 8. The van der Waals surface area contributed by atoms with E-state index in [1.54, 1.807) is 35.6 Å². The summed E-state index contributed by atoms with van der Waals surface area (Å²) in [6.45, 7) is 1.55. The standard InChI is InChI=1S/C14H15N5O2S2/c1-2-12(21-4-1)6-19-14(16-17-18-19)23-9-11-8-22-13(15-11)10-3-5-20-7-10/h3,5,7-8,12H,1-2,4,6,9H2/t12-/m0/s1. The first kappa shape index (κ1) is 14.9. The number of aromatic nitrogens is 5. The molecule has 23 heavy (non-hydrogen) atoms. The smallest absolute Gasteiger partial charge is 0.209 e. The van der Waals surface area contributed by atoms with Crippen molar-refractivity contribution in [2.75, 3.05) is 6.61 Å². The van der Waals surface area contributed by atoms with Gasteiger partial charge >= 0.3 is 0 Å². The third-order valence-corrected chi connectivity index (χ3v) is 5.50. The first-order chi connectivity index (χ1) is 11.4. The molecule has 7 nitrogen and oxygen atoms in total. The average molecular weight is 349 g/mol. The Bertz CT molecular complexity index is 749. The van der Waals surface area contributed by atoms with E-state index in [0.717, 1.165) is 46.6 Å². The number of rotatable bonds is 6. The molecule has 0 aromatic carbocycles. The summed E-state index contributed by atoms with van der Waals surface area (Å²) >= 11 is 3.20. The number of furan rings is 1. The highest BCUT2D eigenvalue weighted by Gasteiger charge is 2.19. The monoisotopic (exact) mass is 349 g/mol. The third kappa shape index (κ3) is 3.46. The fourth-order valence-corrected chi connectivity index (χ4v) is 4.12. The molecule has 120 valence electrons. The molecule has 0 aliphatic carbocycles. The van der Waals surface area contributed by atoms with Crippen LogP contribution in [-0.4, -0.2) is 37.9 Å². The maximum Gasteiger partial charge on any atom is 0.209 e. The second-order valence-electron chi connectivity index (χ2n) is 5.22. The summed E-state index contributed by atoms with van der Waals surface area (Å²) < 4.78 is 12.6. The summed E-state index contributed by atoms with van der Waals surface area (Å²) in [4.78, 5) is 4.62. The van der Waals surface area contributed by atoms with Gasteiger partial charge in [-0.15, -0.1) is 16.4 Å². The number of thioether (sulfide) groups is 1. The zero-order valence-corrected chi connectivity index (χ0v) is 13.9. The van der Waals surface area contributed by atoms with Crippen LogP contribution in [0.1, 0.15) is 18.5 Å². The summed E-state index contributed by atoms with van der Waals surface area (Å²) in [5.41, 5.74) is 2.03. The fourth-order valence-electron chi connectivity index (χ4n) is 2.43. The van der Waals surface area contributed by atoms with Crippen molar-refractivity contribution in [3.05, 3.63) is 29.7 Å². The van der Waals surface area contributed by atoms with Crippen molar-refractivity contribution in [1.29, 1.82) is 0 Å². The molecule has 0 unspecified atom stereocenters. The Morgan fingerprint density at radius 3 is 3.26 bits per heavy atom. The molecule has 0 radical (unpaired) electrons. The molecule has 1 aliphatic rings.